The maximum atomic E-state index is 4.27. The molecule has 2 aromatic carbocycles. The van der Waals surface area contributed by atoms with Gasteiger partial charge in [0.15, 0.2) is 0 Å². The van der Waals surface area contributed by atoms with Crippen LogP contribution in [0.25, 0.3) is 33.4 Å². The number of rotatable bonds is 3. The van der Waals surface area contributed by atoms with Gasteiger partial charge in [0.1, 0.15) is 0 Å². The third-order valence-corrected chi connectivity index (χ3v) is 4.29. The van der Waals surface area contributed by atoms with Gasteiger partial charge in [-0.15, -0.1) is 0 Å². The fourth-order valence-electron chi connectivity index (χ4n) is 3.03. The van der Waals surface area contributed by atoms with E-state index in [2.05, 4.69) is 65.4 Å². The number of aromatic nitrogens is 2. The molecule has 4 rings (SSSR count). The Hall–Kier alpha value is -3.26. The van der Waals surface area contributed by atoms with Crippen molar-refractivity contribution in [3.63, 3.8) is 0 Å². The molecule has 120 valence electrons. The van der Waals surface area contributed by atoms with Gasteiger partial charge in [0, 0.05) is 30.4 Å². The summed E-state index contributed by atoms with van der Waals surface area (Å²) < 4.78 is 0. The molecule has 0 atom stereocenters. The largest absolute Gasteiger partial charge is 0.265 e. The summed E-state index contributed by atoms with van der Waals surface area (Å²) in [5, 5.41) is 0. The number of hydrogen-bond donors (Lipinski definition) is 0. The van der Waals surface area contributed by atoms with Crippen molar-refractivity contribution >= 4 is 0 Å². The van der Waals surface area contributed by atoms with Crippen LogP contribution < -0.4 is 0 Å². The Morgan fingerprint density at radius 1 is 0.520 bits per heavy atom. The van der Waals surface area contributed by atoms with Crippen molar-refractivity contribution < 1.29 is 0 Å². The lowest BCUT2D eigenvalue weighted by molar-refractivity contribution is 1.32. The van der Waals surface area contributed by atoms with Crippen LogP contribution in [0.15, 0.2) is 91.5 Å². The smallest absolute Gasteiger partial charge is 0.0346 e. The molecule has 0 saturated carbocycles. The first kappa shape index (κ1) is 15.3. The summed E-state index contributed by atoms with van der Waals surface area (Å²) >= 11 is 0. The second-order valence-corrected chi connectivity index (χ2v) is 6.15. The van der Waals surface area contributed by atoms with Gasteiger partial charge in [0.2, 0.25) is 0 Å². The van der Waals surface area contributed by atoms with Crippen molar-refractivity contribution in [2.24, 2.45) is 0 Å². The lowest BCUT2D eigenvalue weighted by atomic mass is 9.94. The number of hydrogen-bond acceptors (Lipinski definition) is 2. The number of benzene rings is 2. The van der Waals surface area contributed by atoms with E-state index in [4.69, 9.17) is 0 Å². The Kier molecular flexibility index (Phi) is 4.09. The quantitative estimate of drug-likeness (QED) is 0.477. The van der Waals surface area contributed by atoms with Crippen LogP contribution in [0.3, 0.4) is 0 Å². The summed E-state index contributed by atoms with van der Waals surface area (Å²) in [7, 11) is 0. The van der Waals surface area contributed by atoms with Crippen LogP contribution in [-0.4, -0.2) is 9.97 Å². The van der Waals surface area contributed by atoms with E-state index < -0.39 is 0 Å². The summed E-state index contributed by atoms with van der Waals surface area (Å²) in [4.78, 5) is 8.40. The molecular formula is C23H18N2. The predicted octanol–water partition coefficient (Wildman–Crippen LogP) is 5.79. The Morgan fingerprint density at radius 2 is 1.20 bits per heavy atom. The second-order valence-electron chi connectivity index (χ2n) is 6.15. The van der Waals surface area contributed by atoms with Crippen LogP contribution in [0.1, 0.15) is 5.56 Å². The number of pyridine rings is 2. The average Bonchev–Trinajstić information content (AvgIpc) is 2.69. The van der Waals surface area contributed by atoms with Crippen LogP contribution >= 0.6 is 0 Å². The molecule has 25 heavy (non-hydrogen) atoms. The minimum absolute atomic E-state index is 1.12. The molecule has 0 fully saturated rings. The Morgan fingerprint density at radius 3 is 1.88 bits per heavy atom. The maximum Gasteiger partial charge on any atom is 0.0346 e. The summed E-state index contributed by atoms with van der Waals surface area (Å²) in [5.41, 5.74) is 8.31. The maximum absolute atomic E-state index is 4.27. The minimum atomic E-state index is 1.12. The van der Waals surface area contributed by atoms with E-state index in [1.807, 2.05) is 36.8 Å². The first-order chi connectivity index (χ1) is 12.3. The molecule has 4 aromatic rings. The van der Waals surface area contributed by atoms with Gasteiger partial charge in [-0.05, 0) is 71.1 Å². The molecule has 0 aliphatic carbocycles. The monoisotopic (exact) mass is 322 g/mol. The first-order valence-electron chi connectivity index (χ1n) is 8.32. The number of nitrogens with zero attached hydrogens (tertiary/aromatic N) is 2. The van der Waals surface area contributed by atoms with E-state index in [0.717, 1.165) is 11.1 Å². The van der Waals surface area contributed by atoms with Gasteiger partial charge in [0.05, 0.1) is 0 Å². The second kappa shape index (κ2) is 6.70. The van der Waals surface area contributed by atoms with E-state index in [1.165, 1.54) is 27.8 Å². The topological polar surface area (TPSA) is 25.8 Å². The van der Waals surface area contributed by atoms with Crippen molar-refractivity contribution in [3.8, 4) is 33.4 Å². The first-order valence-corrected chi connectivity index (χ1v) is 8.32. The van der Waals surface area contributed by atoms with Crippen molar-refractivity contribution in [2.75, 3.05) is 0 Å². The molecule has 0 aliphatic heterocycles. The third kappa shape index (κ3) is 3.33. The molecule has 0 radical (unpaired) electrons. The van der Waals surface area contributed by atoms with Gasteiger partial charge in [-0.25, -0.2) is 0 Å². The summed E-state index contributed by atoms with van der Waals surface area (Å²) in [6.07, 6.45) is 7.38. The fourth-order valence-corrected chi connectivity index (χ4v) is 3.03. The van der Waals surface area contributed by atoms with Gasteiger partial charge >= 0.3 is 0 Å². The molecule has 0 bridgehead atoms. The molecule has 0 saturated heterocycles. The lowest BCUT2D eigenvalue weighted by Crippen LogP contribution is -1.87. The Balaban J connectivity index is 1.92. The zero-order valence-corrected chi connectivity index (χ0v) is 14.1. The van der Waals surface area contributed by atoms with Crippen LogP contribution in [-0.2, 0) is 0 Å². The number of aryl methyl sites for hydroxylation is 1. The Labute approximate surface area is 147 Å². The third-order valence-electron chi connectivity index (χ3n) is 4.29. The molecule has 2 aromatic heterocycles. The minimum Gasteiger partial charge on any atom is -0.265 e. The molecule has 0 spiro atoms. The van der Waals surface area contributed by atoms with Crippen LogP contribution in [0, 0.1) is 6.92 Å². The summed E-state index contributed by atoms with van der Waals surface area (Å²) in [6.45, 7) is 2.12. The average molecular weight is 322 g/mol. The lowest BCUT2D eigenvalue weighted by Gasteiger charge is -2.11. The van der Waals surface area contributed by atoms with Crippen molar-refractivity contribution in [2.45, 2.75) is 6.92 Å². The molecule has 2 nitrogen and oxygen atoms in total. The van der Waals surface area contributed by atoms with E-state index in [1.54, 1.807) is 6.20 Å². The highest BCUT2D eigenvalue weighted by molar-refractivity contribution is 5.80. The van der Waals surface area contributed by atoms with Gasteiger partial charge in [-0.2, -0.15) is 0 Å². The highest BCUT2D eigenvalue weighted by atomic mass is 14.6. The standard InChI is InChI=1S/C23H18N2/c1-17-4-2-5-19(12-17)22-13-21(18-7-10-24-11-8-18)14-23(15-22)20-6-3-9-25-16-20/h2-16H,1H3. The SMILES string of the molecule is Cc1cccc(-c2cc(-c3ccncc3)cc(-c3cccnc3)c2)c1. The summed E-state index contributed by atoms with van der Waals surface area (Å²) in [5.74, 6) is 0. The van der Waals surface area contributed by atoms with Crippen molar-refractivity contribution in [3.05, 3.63) is 97.1 Å². The fraction of sp³-hybridized carbons (Fsp3) is 0.0435. The van der Waals surface area contributed by atoms with Crippen LogP contribution in [0.5, 0.6) is 0 Å². The zero-order valence-electron chi connectivity index (χ0n) is 14.1. The molecule has 0 unspecified atom stereocenters. The van der Waals surface area contributed by atoms with Crippen molar-refractivity contribution in [1.29, 1.82) is 0 Å². The van der Waals surface area contributed by atoms with Crippen LogP contribution in [0.2, 0.25) is 0 Å². The van der Waals surface area contributed by atoms with Gasteiger partial charge in [0.25, 0.3) is 0 Å². The van der Waals surface area contributed by atoms with Gasteiger partial charge in [-0.3, -0.25) is 9.97 Å². The van der Waals surface area contributed by atoms with Gasteiger partial charge < -0.3 is 0 Å². The molecule has 2 heterocycles. The predicted molar refractivity (Wildman–Crippen MR) is 103 cm³/mol. The molecule has 0 aliphatic rings. The molecule has 0 amide bonds. The molecule has 0 N–H and O–H groups in total. The normalized spacial score (nSPS) is 10.6. The van der Waals surface area contributed by atoms with E-state index in [0.29, 0.717) is 0 Å². The van der Waals surface area contributed by atoms with Gasteiger partial charge in [-0.1, -0.05) is 35.9 Å². The highest BCUT2D eigenvalue weighted by Crippen LogP contribution is 2.32. The van der Waals surface area contributed by atoms with Crippen LogP contribution in [0.4, 0.5) is 0 Å². The Bertz CT molecular complexity index is 935. The summed E-state index contributed by atoms with van der Waals surface area (Å²) in [6, 6.07) is 23.5. The molecular weight excluding hydrogens is 304 g/mol. The van der Waals surface area contributed by atoms with E-state index in [-0.39, 0.29) is 0 Å². The van der Waals surface area contributed by atoms with Crippen molar-refractivity contribution in [1.82, 2.24) is 9.97 Å². The highest BCUT2D eigenvalue weighted by Gasteiger charge is 2.07. The van der Waals surface area contributed by atoms with E-state index >= 15 is 0 Å². The van der Waals surface area contributed by atoms with E-state index in [9.17, 15) is 0 Å². The molecule has 2 heteroatoms. The zero-order chi connectivity index (χ0) is 17.1.